The quantitative estimate of drug-likeness (QED) is 0.892. The van der Waals surface area contributed by atoms with Crippen molar-refractivity contribution in [3.05, 3.63) is 42.2 Å². The first-order chi connectivity index (χ1) is 8.72. The summed E-state index contributed by atoms with van der Waals surface area (Å²) in [6, 6.07) is 9.56. The molecule has 1 saturated carbocycles. The van der Waals surface area contributed by atoms with Crippen LogP contribution in [0.1, 0.15) is 25.0 Å². The van der Waals surface area contributed by atoms with Gasteiger partial charge in [0.25, 0.3) is 0 Å². The maximum absolute atomic E-state index is 11.4. The zero-order chi connectivity index (χ0) is 12.6. The number of carboxylic acids is 1. The smallest absolute Gasteiger partial charge is 0.315 e. The molecule has 0 bridgehead atoms. The van der Waals surface area contributed by atoms with E-state index in [0.29, 0.717) is 18.5 Å². The highest BCUT2D eigenvalue weighted by Gasteiger charge is 2.48. The second kappa shape index (κ2) is 3.94. The van der Waals surface area contributed by atoms with E-state index in [-0.39, 0.29) is 0 Å². The maximum Gasteiger partial charge on any atom is 0.315 e. The van der Waals surface area contributed by atoms with Crippen LogP contribution in [0.4, 0.5) is 0 Å². The Morgan fingerprint density at radius 3 is 2.56 bits per heavy atom. The summed E-state index contributed by atoms with van der Waals surface area (Å²) in [5, 5.41) is 17.4. The molecule has 1 fully saturated rings. The SMILES string of the molecule is O=C(O)C1(c2cn(-c3ccccc3)nn2)CCC1. The van der Waals surface area contributed by atoms with Crippen molar-refractivity contribution in [3.63, 3.8) is 0 Å². The Balaban J connectivity index is 1.97. The third-order valence-corrected chi connectivity index (χ3v) is 3.62. The molecule has 0 unspecified atom stereocenters. The van der Waals surface area contributed by atoms with Crippen LogP contribution in [0.15, 0.2) is 36.5 Å². The average molecular weight is 243 g/mol. The zero-order valence-electron chi connectivity index (χ0n) is 9.78. The van der Waals surface area contributed by atoms with E-state index in [0.717, 1.165) is 12.1 Å². The van der Waals surface area contributed by atoms with E-state index in [1.165, 1.54) is 0 Å². The molecular formula is C13H13N3O2. The molecule has 0 radical (unpaired) electrons. The molecule has 92 valence electrons. The van der Waals surface area contributed by atoms with Gasteiger partial charge in [0, 0.05) is 0 Å². The molecule has 0 amide bonds. The van der Waals surface area contributed by atoms with Crippen LogP contribution in [0.5, 0.6) is 0 Å². The van der Waals surface area contributed by atoms with Gasteiger partial charge in [-0.3, -0.25) is 4.79 Å². The fourth-order valence-corrected chi connectivity index (χ4v) is 2.30. The van der Waals surface area contributed by atoms with E-state index in [9.17, 15) is 9.90 Å². The predicted octanol–water partition coefficient (Wildman–Crippen LogP) is 1.77. The number of hydrogen-bond acceptors (Lipinski definition) is 3. The third-order valence-electron chi connectivity index (χ3n) is 3.62. The van der Waals surface area contributed by atoms with Crippen molar-refractivity contribution in [3.8, 4) is 5.69 Å². The monoisotopic (exact) mass is 243 g/mol. The first-order valence-corrected chi connectivity index (χ1v) is 5.94. The van der Waals surface area contributed by atoms with Crippen LogP contribution in [0.25, 0.3) is 5.69 Å². The number of nitrogens with zero attached hydrogens (tertiary/aromatic N) is 3. The minimum Gasteiger partial charge on any atom is -0.481 e. The second-order valence-electron chi connectivity index (χ2n) is 4.62. The van der Waals surface area contributed by atoms with Crippen LogP contribution in [0, 0.1) is 0 Å². The number of aliphatic carboxylic acids is 1. The van der Waals surface area contributed by atoms with Crippen molar-refractivity contribution in [1.29, 1.82) is 0 Å². The van der Waals surface area contributed by atoms with Gasteiger partial charge in [-0.15, -0.1) is 5.10 Å². The van der Waals surface area contributed by atoms with Crippen LogP contribution in [-0.4, -0.2) is 26.1 Å². The van der Waals surface area contributed by atoms with E-state index < -0.39 is 11.4 Å². The summed E-state index contributed by atoms with van der Waals surface area (Å²) in [4.78, 5) is 11.4. The Morgan fingerprint density at radius 1 is 1.28 bits per heavy atom. The molecule has 1 aliphatic carbocycles. The Bertz CT molecular complexity index is 573. The van der Waals surface area contributed by atoms with Gasteiger partial charge in [0.2, 0.25) is 0 Å². The van der Waals surface area contributed by atoms with E-state index >= 15 is 0 Å². The number of rotatable bonds is 3. The minimum absolute atomic E-state index is 0.560. The topological polar surface area (TPSA) is 68.0 Å². The molecule has 1 aliphatic rings. The van der Waals surface area contributed by atoms with Gasteiger partial charge < -0.3 is 5.11 Å². The van der Waals surface area contributed by atoms with Crippen LogP contribution >= 0.6 is 0 Å². The van der Waals surface area contributed by atoms with Crippen molar-refractivity contribution in [1.82, 2.24) is 15.0 Å². The zero-order valence-corrected chi connectivity index (χ0v) is 9.78. The van der Waals surface area contributed by atoms with Gasteiger partial charge in [-0.1, -0.05) is 29.8 Å². The lowest BCUT2D eigenvalue weighted by atomic mass is 9.67. The van der Waals surface area contributed by atoms with Gasteiger partial charge in [-0.2, -0.15) is 0 Å². The maximum atomic E-state index is 11.4. The fourth-order valence-electron chi connectivity index (χ4n) is 2.30. The number of hydrogen-bond donors (Lipinski definition) is 1. The van der Waals surface area contributed by atoms with Crippen LogP contribution < -0.4 is 0 Å². The van der Waals surface area contributed by atoms with E-state index in [2.05, 4.69) is 10.3 Å². The van der Waals surface area contributed by atoms with Crippen molar-refractivity contribution in [2.24, 2.45) is 0 Å². The summed E-state index contributed by atoms with van der Waals surface area (Å²) in [7, 11) is 0. The predicted molar refractivity (Wildman–Crippen MR) is 64.5 cm³/mol. The molecule has 5 nitrogen and oxygen atoms in total. The Hall–Kier alpha value is -2.17. The molecule has 18 heavy (non-hydrogen) atoms. The molecule has 0 atom stereocenters. The number of aromatic nitrogens is 3. The lowest BCUT2D eigenvalue weighted by Crippen LogP contribution is -2.42. The van der Waals surface area contributed by atoms with Gasteiger partial charge in [0.15, 0.2) is 0 Å². The van der Waals surface area contributed by atoms with E-state index in [4.69, 9.17) is 0 Å². The van der Waals surface area contributed by atoms with Crippen molar-refractivity contribution >= 4 is 5.97 Å². The van der Waals surface area contributed by atoms with Crippen molar-refractivity contribution in [2.45, 2.75) is 24.7 Å². The summed E-state index contributed by atoms with van der Waals surface area (Å²) in [5.41, 5.74) is 0.633. The minimum atomic E-state index is -0.812. The summed E-state index contributed by atoms with van der Waals surface area (Å²) in [5.74, 6) is -0.797. The molecule has 1 N–H and O–H groups in total. The summed E-state index contributed by atoms with van der Waals surface area (Å²) >= 11 is 0. The number of benzene rings is 1. The van der Waals surface area contributed by atoms with Crippen LogP contribution in [0.2, 0.25) is 0 Å². The lowest BCUT2D eigenvalue weighted by Gasteiger charge is -2.35. The standard InChI is InChI=1S/C13H13N3O2/c17-12(18)13(7-4-8-13)11-9-16(15-14-11)10-5-2-1-3-6-10/h1-3,5-6,9H,4,7-8H2,(H,17,18). The largest absolute Gasteiger partial charge is 0.481 e. The first-order valence-electron chi connectivity index (χ1n) is 5.94. The van der Waals surface area contributed by atoms with Gasteiger partial charge >= 0.3 is 5.97 Å². The normalized spacial score (nSPS) is 17.1. The molecule has 0 saturated heterocycles. The van der Waals surface area contributed by atoms with Crippen LogP contribution in [-0.2, 0) is 10.2 Å². The average Bonchev–Trinajstić information content (AvgIpc) is 2.78. The lowest BCUT2D eigenvalue weighted by molar-refractivity contribution is -0.147. The van der Waals surface area contributed by atoms with Gasteiger partial charge in [0.05, 0.1) is 11.9 Å². The molecule has 1 aromatic carbocycles. The highest BCUT2D eigenvalue weighted by atomic mass is 16.4. The molecule has 0 spiro atoms. The summed E-state index contributed by atoms with van der Waals surface area (Å²) < 4.78 is 1.62. The molecule has 1 heterocycles. The number of para-hydroxylation sites is 1. The Labute approximate surface area is 104 Å². The number of carboxylic acid groups (broad SMARTS) is 1. The van der Waals surface area contributed by atoms with E-state index in [1.54, 1.807) is 10.9 Å². The molecular weight excluding hydrogens is 230 g/mol. The molecule has 2 aromatic rings. The molecule has 0 aliphatic heterocycles. The Morgan fingerprint density at radius 2 is 2.00 bits per heavy atom. The third kappa shape index (κ3) is 1.51. The number of carbonyl (C=O) groups is 1. The Kier molecular flexibility index (Phi) is 2.40. The van der Waals surface area contributed by atoms with Gasteiger partial charge in [0.1, 0.15) is 11.1 Å². The van der Waals surface area contributed by atoms with Crippen LogP contribution in [0.3, 0.4) is 0 Å². The highest BCUT2D eigenvalue weighted by Crippen LogP contribution is 2.43. The summed E-state index contributed by atoms with van der Waals surface area (Å²) in [6.45, 7) is 0. The molecule has 5 heteroatoms. The van der Waals surface area contributed by atoms with Gasteiger partial charge in [-0.25, -0.2) is 4.68 Å². The second-order valence-corrected chi connectivity index (χ2v) is 4.62. The molecule has 1 aromatic heterocycles. The highest BCUT2D eigenvalue weighted by molar-refractivity contribution is 5.81. The van der Waals surface area contributed by atoms with Crippen molar-refractivity contribution < 1.29 is 9.90 Å². The summed E-state index contributed by atoms with van der Waals surface area (Å²) in [6.07, 6.45) is 3.96. The first kappa shape index (κ1) is 11.0. The fraction of sp³-hybridized carbons (Fsp3) is 0.308. The molecule has 3 rings (SSSR count). The van der Waals surface area contributed by atoms with Crippen molar-refractivity contribution in [2.75, 3.05) is 0 Å². The van der Waals surface area contributed by atoms with E-state index in [1.807, 2.05) is 30.3 Å². The van der Waals surface area contributed by atoms with Gasteiger partial charge in [-0.05, 0) is 25.0 Å².